The Labute approximate surface area is 178 Å². The quantitative estimate of drug-likeness (QED) is 0.673. The van der Waals surface area contributed by atoms with Gasteiger partial charge in [-0.15, -0.1) is 0 Å². The second kappa shape index (κ2) is 11.2. The average molecular weight is 414 g/mol. The molecule has 1 aliphatic heterocycles. The number of aromatic nitrogens is 1. The zero-order valence-electron chi connectivity index (χ0n) is 17.3. The highest BCUT2D eigenvalue weighted by atomic mass is 32.2. The lowest BCUT2D eigenvalue weighted by Gasteiger charge is -2.36. The first-order chi connectivity index (χ1) is 14.2. The molecule has 1 amide bonds. The van der Waals surface area contributed by atoms with Crippen molar-refractivity contribution in [1.82, 2.24) is 15.2 Å². The highest BCUT2D eigenvalue weighted by molar-refractivity contribution is 7.98. The molecule has 6 heteroatoms. The number of benzene rings is 1. The van der Waals surface area contributed by atoms with Crippen LogP contribution < -0.4 is 10.1 Å². The van der Waals surface area contributed by atoms with Crippen LogP contribution in [0.4, 0.5) is 0 Å². The smallest absolute Gasteiger partial charge is 0.251 e. The van der Waals surface area contributed by atoms with Gasteiger partial charge < -0.3 is 15.0 Å². The maximum atomic E-state index is 12.3. The Hall–Kier alpha value is -2.05. The molecule has 1 N–H and O–H groups in total. The first kappa shape index (κ1) is 21.7. The zero-order valence-corrected chi connectivity index (χ0v) is 18.2. The number of carbonyl (C=O) groups is 1. The van der Waals surface area contributed by atoms with Crippen LogP contribution in [0.1, 0.15) is 42.2 Å². The van der Waals surface area contributed by atoms with Crippen LogP contribution in [0.5, 0.6) is 5.75 Å². The number of hydrogen-bond acceptors (Lipinski definition) is 5. The average Bonchev–Trinajstić information content (AvgIpc) is 2.77. The molecule has 1 fully saturated rings. The Kier molecular flexibility index (Phi) is 8.38. The van der Waals surface area contributed by atoms with Crippen LogP contribution in [0.2, 0.25) is 0 Å². The van der Waals surface area contributed by atoms with Crippen molar-refractivity contribution in [3.8, 4) is 5.75 Å². The molecule has 156 valence electrons. The van der Waals surface area contributed by atoms with Gasteiger partial charge in [-0.05, 0) is 74.6 Å². The molecule has 5 nitrogen and oxygen atoms in total. The summed E-state index contributed by atoms with van der Waals surface area (Å²) in [6.07, 6.45) is 7.50. The van der Waals surface area contributed by atoms with E-state index < -0.39 is 0 Å². The molecule has 0 bridgehead atoms. The molecule has 1 saturated heterocycles. The molecule has 0 aliphatic carbocycles. The SMILES string of the molecule is CSCC[C@H](C)N1CCC(Oc2ccc(C(=O)NCc3ccccn3)cc2)CC1. The fourth-order valence-electron chi connectivity index (χ4n) is 3.56. The first-order valence-corrected chi connectivity index (χ1v) is 11.7. The molecular weight excluding hydrogens is 382 g/mol. The summed E-state index contributed by atoms with van der Waals surface area (Å²) in [6.45, 7) is 4.93. The number of piperidine rings is 1. The molecular formula is C23H31N3O2S. The molecule has 1 aromatic heterocycles. The summed E-state index contributed by atoms with van der Waals surface area (Å²) in [5.41, 5.74) is 1.47. The van der Waals surface area contributed by atoms with Gasteiger partial charge in [0, 0.05) is 30.9 Å². The van der Waals surface area contributed by atoms with Crippen LogP contribution in [0.25, 0.3) is 0 Å². The minimum atomic E-state index is -0.102. The molecule has 3 rings (SSSR count). The summed E-state index contributed by atoms with van der Waals surface area (Å²) in [5.74, 6) is 1.95. The van der Waals surface area contributed by atoms with Gasteiger partial charge in [-0.25, -0.2) is 0 Å². The Balaban J connectivity index is 1.43. The van der Waals surface area contributed by atoms with Gasteiger partial charge in [0.2, 0.25) is 0 Å². The molecule has 2 aromatic rings. The number of amides is 1. The number of nitrogens with one attached hydrogen (secondary N) is 1. The minimum Gasteiger partial charge on any atom is -0.490 e. The zero-order chi connectivity index (χ0) is 20.5. The Morgan fingerprint density at radius 1 is 1.24 bits per heavy atom. The lowest BCUT2D eigenvalue weighted by Crippen LogP contribution is -2.43. The van der Waals surface area contributed by atoms with Crippen LogP contribution in [0.15, 0.2) is 48.7 Å². The van der Waals surface area contributed by atoms with Crippen LogP contribution in [-0.4, -0.2) is 53.0 Å². The number of nitrogens with zero attached hydrogens (tertiary/aromatic N) is 2. The van der Waals surface area contributed by atoms with Gasteiger partial charge in [-0.3, -0.25) is 9.78 Å². The fraction of sp³-hybridized carbons (Fsp3) is 0.478. The predicted molar refractivity (Wildman–Crippen MR) is 120 cm³/mol. The molecule has 2 heterocycles. The van der Waals surface area contributed by atoms with Gasteiger partial charge in [0.1, 0.15) is 11.9 Å². The van der Waals surface area contributed by atoms with Gasteiger partial charge in [0.05, 0.1) is 12.2 Å². The van der Waals surface area contributed by atoms with Gasteiger partial charge in [0.15, 0.2) is 0 Å². The van der Waals surface area contributed by atoms with E-state index in [9.17, 15) is 4.79 Å². The third-order valence-electron chi connectivity index (χ3n) is 5.42. The van der Waals surface area contributed by atoms with Crippen LogP contribution in [0, 0.1) is 0 Å². The number of thioether (sulfide) groups is 1. The Morgan fingerprint density at radius 3 is 2.66 bits per heavy atom. The molecule has 29 heavy (non-hydrogen) atoms. The number of likely N-dealkylation sites (tertiary alicyclic amines) is 1. The van der Waals surface area contributed by atoms with Crippen molar-refractivity contribution in [3.05, 3.63) is 59.9 Å². The normalized spacial score (nSPS) is 16.3. The van der Waals surface area contributed by atoms with E-state index >= 15 is 0 Å². The summed E-state index contributed by atoms with van der Waals surface area (Å²) in [6, 6.07) is 13.7. The maximum absolute atomic E-state index is 12.3. The summed E-state index contributed by atoms with van der Waals surface area (Å²) in [4.78, 5) is 19.1. The van der Waals surface area contributed by atoms with Crippen molar-refractivity contribution < 1.29 is 9.53 Å². The van der Waals surface area contributed by atoms with Crippen molar-refractivity contribution in [3.63, 3.8) is 0 Å². The largest absolute Gasteiger partial charge is 0.490 e. The Morgan fingerprint density at radius 2 is 2.00 bits per heavy atom. The van der Waals surface area contributed by atoms with E-state index in [-0.39, 0.29) is 12.0 Å². The summed E-state index contributed by atoms with van der Waals surface area (Å²) >= 11 is 1.92. The van der Waals surface area contributed by atoms with Gasteiger partial charge in [-0.2, -0.15) is 11.8 Å². The lowest BCUT2D eigenvalue weighted by molar-refractivity contribution is 0.0791. The fourth-order valence-corrected chi connectivity index (χ4v) is 4.14. The van der Waals surface area contributed by atoms with Crippen molar-refractivity contribution in [1.29, 1.82) is 0 Å². The maximum Gasteiger partial charge on any atom is 0.251 e. The third kappa shape index (κ3) is 6.75. The van der Waals surface area contributed by atoms with Crippen LogP contribution in [0.3, 0.4) is 0 Å². The van der Waals surface area contributed by atoms with Crippen LogP contribution >= 0.6 is 11.8 Å². The Bertz CT molecular complexity index is 746. The van der Waals surface area contributed by atoms with E-state index in [1.165, 1.54) is 12.2 Å². The molecule has 1 atom stereocenters. The van der Waals surface area contributed by atoms with Gasteiger partial charge in [0.25, 0.3) is 5.91 Å². The molecule has 0 radical (unpaired) electrons. The van der Waals surface area contributed by atoms with Crippen molar-refractivity contribution in [2.45, 2.75) is 44.9 Å². The molecule has 1 aromatic carbocycles. The summed E-state index contributed by atoms with van der Waals surface area (Å²) in [7, 11) is 0. The van der Waals surface area contributed by atoms with Crippen LogP contribution in [-0.2, 0) is 6.54 Å². The van der Waals surface area contributed by atoms with E-state index in [1.807, 2.05) is 54.2 Å². The van der Waals surface area contributed by atoms with Gasteiger partial charge >= 0.3 is 0 Å². The monoisotopic (exact) mass is 413 g/mol. The summed E-state index contributed by atoms with van der Waals surface area (Å²) in [5, 5.41) is 2.90. The van der Waals surface area contributed by atoms with E-state index in [0.29, 0.717) is 18.2 Å². The highest BCUT2D eigenvalue weighted by Gasteiger charge is 2.23. The van der Waals surface area contributed by atoms with Crippen molar-refractivity contribution in [2.24, 2.45) is 0 Å². The second-order valence-electron chi connectivity index (χ2n) is 7.51. The number of hydrogen-bond donors (Lipinski definition) is 1. The number of carbonyl (C=O) groups excluding carboxylic acids is 1. The number of rotatable bonds is 9. The molecule has 0 unspecified atom stereocenters. The first-order valence-electron chi connectivity index (χ1n) is 10.3. The lowest BCUT2D eigenvalue weighted by atomic mass is 10.0. The number of ether oxygens (including phenoxy) is 1. The number of pyridine rings is 1. The summed E-state index contributed by atoms with van der Waals surface area (Å²) < 4.78 is 6.16. The molecule has 1 aliphatic rings. The van der Waals surface area contributed by atoms with Gasteiger partial charge in [-0.1, -0.05) is 6.07 Å². The second-order valence-corrected chi connectivity index (χ2v) is 8.50. The van der Waals surface area contributed by atoms with E-state index in [0.717, 1.165) is 37.4 Å². The highest BCUT2D eigenvalue weighted by Crippen LogP contribution is 2.21. The molecule has 0 saturated carbocycles. The third-order valence-corrected chi connectivity index (χ3v) is 6.06. The van der Waals surface area contributed by atoms with E-state index in [2.05, 4.69) is 28.4 Å². The standard InChI is InChI=1S/C23H31N3O2S/c1-18(12-16-29-2)26-14-10-22(11-15-26)28-21-8-6-19(7-9-21)23(27)25-17-20-5-3-4-13-24-20/h3-9,13,18,22H,10-12,14-17H2,1-2H3,(H,25,27)/t18-/m0/s1. The van der Waals surface area contributed by atoms with E-state index in [4.69, 9.17) is 4.74 Å². The molecule has 0 spiro atoms. The van der Waals surface area contributed by atoms with Crippen molar-refractivity contribution in [2.75, 3.05) is 25.1 Å². The van der Waals surface area contributed by atoms with Crippen molar-refractivity contribution >= 4 is 17.7 Å². The minimum absolute atomic E-state index is 0.102. The van der Waals surface area contributed by atoms with E-state index in [1.54, 1.807) is 6.20 Å². The predicted octanol–water partition coefficient (Wildman–Crippen LogP) is 4.00. The topological polar surface area (TPSA) is 54.5 Å².